The monoisotopic (exact) mass is 327 g/mol. The van der Waals surface area contributed by atoms with Crippen LogP contribution < -0.4 is 5.32 Å². The van der Waals surface area contributed by atoms with Crippen LogP contribution in [0.1, 0.15) is 43.2 Å². The van der Waals surface area contributed by atoms with E-state index in [0.29, 0.717) is 30.9 Å². The number of nitrogens with one attached hydrogen (secondary N) is 1. The van der Waals surface area contributed by atoms with E-state index >= 15 is 0 Å². The first-order valence-corrected chi connectivity index (χ1v) is 8.78. The number of hydrogen-bond donors (Lipinski definition) is 1. The zero-order valence-corrected chi connectivity index (χ0v) is 14.2. The minimum Gasteiger partial charge on any atom is -0.459 e. The summed E-state index contributed by atoms with van der Waals surface area (Å²) < 4.78 is 11.3. The Morgan fingerprint density at radius 1 is 1.21 bits per heavy atom. The summed E-state index contributed by atoms with van der Waals surface area (Å²) in [5.74, 6) is 0.774. The molecule has 1 aliphatic carbocycles. The molecule has 4 heteroatoms. The fourth-order valence-corrected chi connectivity index (χ4v) is 3.32. The zero-order chi connectivity index (χ0) is 16.8. The molecule has 0 spiro atoms. The summed E-state index contributed by atoms with van der Waals surface area (Å²) in [4.78, 5) is 12.4. The van der Waals surface area contributed by atoms with Crippen LogP contribution in [0.4, 0.5) is 0 Å². The van der Waals surface area contributed by atoms with E-state index in [0.717, 1.165) is 17.5 Å². The number of amides is 1. The number of carbonyl (C=O) groups excluding carboxylic acids is 1. The Kier molecular flexibility index (Phi) is 5.70. The lowest BCUT2D eigenvalue weighted by Crippen LogP contribution is -2.31. The molecule has 1 aromatic heterocycles. The first kappa shape index (κ1) is 16.8. The number of ether oxygens (including phenoxy) is 1. The summed E-state index contributed by atoms with van der Waals surface area (Å²) in [7, 11) is 0. The first-order valence-electron chi connectivity index (χ1n) is 8.78. The molecule has 128 valence electrons. The predicted octanol–water partition coefficient (Wildman–Crippen LogP) is 4.27. The van der Waals surface area contributed by atoms with Crippen LogP contribution in [-0.2, 0) is 4.74 Å². The smallest absolute Gasteiger partial charge is 0.287 e. The number of hydrogen-bond acceptors (Lipinski definition) is 3. The average Bonchev–Trinajstić information content (AvgIpc) is 3.10. The van der Waals surface area contributed by atoms with E-state index in [2.05, 4.69) is 12.2 Å². The molecule has 0 saturated heterocycles. The van der Waals surface area contributed by atoms with Crippen molar-refractivity contribution in [2.24, 2.45) is 5.92 Å². The Morgan fingerprint density at radius 2 is 2.00 bits per heavy atom. The van der Waals surface area contributed by atoms with Gasteiger partial charge in [-0.15, -0.1) is 0 Å². The van der Waals surface area contributed by atoms with Gasteiger partial charge in [-0.05, 0) is 30.4 Å². The SMILES string of the molecule is C[C@H]1CCCC[C@@H]1OCCNC(=O)c1occc1-c1ccccc1. The lowest BCUT2D eigenvalue weighted by Gasteiger charge is -2.28. The van der Waals surface area contributed by atoms with Gasteiger partial charge in [-0.25, -0.2) is 0 Å². The van der Waals surface area contributed by atoms with Gasteiger partial charge in [-0.1, -0.05) is 50.1 Å². The molecule has 1 fully saturated rings. The van der Waals surface area contributed by atoms with Crippen molar-refractivity contribution in [1.82, 2.24) is 5.32 Å². The third kappa shape index (κ3) is 4.06. The van der Waals surface area contributed by atoms with Crippen LogP contribution in [0.5, 0.6) is 0 Å². The lowest BCUT2D eigenvalue weighted by atomic mass is 9.88. The predicted molar refractivity (Wildman–Crippen MR) is 93.8 cm³/mol. The largest absolute Gasteiger partial charge is 0.459 e. The molecule has 4 nitrogen and oxygen atoms in total. The molecule has 0 radical (unpaired) electrons. The van der Waals surface area contributed by atoms with E-state index in [1.807, 2.05) is 36.4 Å². The molecule has 0 bridgehead atoms. The molecule has 24 heavy (non-hydrogen) atoms. The molecule has 1 aromatic carbocycles. The maximum Gasteiger partial charge on any atom is 0.287 e. The molecule has 2 aromatic rings. The van der Waals surface area contributed by atoms with Gasteiger partial charge in [-0.2, -0.15) is 0 Å². The van der Waals surface area contributed by atoms with Crippen molar-refractivity contribution in [3.05, 3.63) is 48.4 Å². The molecule has 1 aliphatic rings. The minimum atomic E-state index is -0.195. The van der Waals surface area contributed by atoms with E-state index in [-0.39, 0.29) is 5.91 Å². The molecule has 1 amide bonds. The van der Waals surface area contributed by atoms with E-state index in [1.54, 1.807) is 6.26 Å². The number of rotatable bonds is 6. The summed E-state index contributed by atoms with van der Waals surface area (Å²) in [5.41, 5.74) is 1.79. The van der Waals surface area contributed by atoms with Gasteiger partial charge in [0.05, 0.1) is 19.0 Å². The number of carbonyl (C=O) groups is 1. The highest BCUT2D eigenvalue weighted by Crippen LogP contribution is 2.26. The molecule has 3 rings (SSSR count). The van der Waals surface area contributed by atoms with Crippen LogP contribution in [0.3, 0.4) is 0 Å². The Morgan fingerprint density at radius 3 is 2.79 bits per heavy atom. The Balaban J connectivity index is 1.50. The second-order valence-corrected chi connectivity index (χ2v) is 6.46. The molecular weight excluding hydrogens is 302 g/mol. The van der Waals surface area contributed by atoms with Crippen molar-refractivity contribution in [2.45, 2.75) is 38.7 Å². The maximum atomic E-state index is 12.4. The van der Waals surface area contributed by atoms with Gasteiger partial charge in [0.1, 0.15) is 0 Å². The minimum absolute atomic E-state index is 0.195. The van der Waals surface area contributed by atoms with Gasteiger partial charge in [0.15, 0.2) is 5.76 Å². The normalized spacial score (nSPS) is 20.7. The average molecular weight is 327 g/mol. The highest BCUT2D eigenvalue weighted by Gasteiger charge is 2.22. The van der Waals surface area contributed by atoms with Crippen molar-refractivity contribution in [1.29, 1.82) is 0 Å². The summed E-state index contributed by atoms with van der Waals surface area (Å²) in [6.45, 7) is 3.29. The van der Waals surface area contributed by atoms with Crippen molar-refractivity contribution in [3.63, 3.8) is 0 Å². The lowest BCUT2D eigenvalue weighted by molar-refractivity contribution is -0.00300. The van der Waals surface area contributed by atoms with Gasteiger partial charge in [0.25, 0.3) is 5.91 Å². The fraction of sp³-hybridized carbons (Fsp3) is 0.450. The Bertz CT molecular complexity index is 650. The molecule has 1 N–H and O–H groups in total. The van der Waals surface area contributed by atoms with Gasteiger partial charge in [0, 0.05) is 12.1 Å². The fourth-order valence-electron chi connectivity index (χ4n) is 3.32. The Hall–Kier alpha value is -2.07. The second kappa shape index (κ2) is 8.15. The van der Waals surface area contributed by atoms with Gasteiger partial charge in [-0.3, -0.25) is 4.79 Å². The molecule has 1 saturated carbocycles. The highest BCUT2D eigenvalue weighted by molar-refractivity contribution is 5.98. The van der Waals surface area contributed by atoms with Crippen LogP contribution in [-0.4, -0.2) is 25.2 Å². The number of benzene rings is 1. The molecule has 0 aliphatic heterocycles. The maximum absolute atomic E-state index is 12.4. The van der Waals surface area contributed by atoms with Crippen LogP contribution >= 0.6 is 0 Å². The van der Waals surface area contributed by atoms with Crippen LogP contribution in [0.2, 0.25) is 0 Å². The van der Waals surface area contributed by atoms with E-state index < -0.39 is 0 Å². The van der Waals surface area contributed by atoms with E-state index in [4.69, 9.17) is 9.15 Å². The van der Waals surface area contributed by atoms with Crippen LogP contribution in [0.25, 0.3) is 11.1 Å². The second-order valence-electron chi connectivity index (χ2n) is 6.46. The molecule has 1 heterocycles. The van der Waals surface area contributed by atoms with E-state index in [9.17, 15) is 4.79 Å². The third-order valence-electron chi connectivity index (χ3n) is 4.71. The quantitative estimate of drug-likeness (QED) is 0.806. The van der Waals surface area contributed by atoms with Crippen molar-refractivity contribution in [3.8, 4) is 11.1 Å². The van der Waals surface area contributed by atoms with Crippen molar-refractivity contribution >= 4 is 5.91 Å². The van der Waals surface area contributed by atoms with Crippen molar-refractivity contribution < 1.29 is 13.9 Å². The molecule has 2 atom stereocenters. The van der Waals surface area contributed by atoms with Gasteiger partial charge >= 0.3 is 0 Å². The zero-order valence-electron chi connectivity index (χ0n) is 14.2. The van der Waals surface area contributed by atoms with Gasteiger partial charge in [0.2, 0.25) is 0 Å². The first-order chi connectivity index (χ1) is 11.8. The van der Waals surface area contributed by atoms with Crippen LogP contribution in [0, 0.1) is 5.92 Å². The third-order valence-corrected chi connectivity index (χ3v) is 4.71. The summed E-state index contributed by atoms with van der Waals surface area (Å²) in [5, 5.41) is 2.89. The topological polar surface area (TPSA) is 51.5 Å². The van der Waals surface area contributed by atoms with Crippen LogP contribution in [0.15, 0.2) is 47.1 Å². The molecule has 0 unspecified atom stereocenters. The van der Waals surface area contributed by atoms with E-state index in [1.165, 1.54) is 19.3 Å². The summed E-state index contributed by atoms with van der Waals surface area (Å²) in [6, 6.07) is 11.6. The highest BCUT2D eigenvalue weighted by atomic mass is 16.5. The van der Waals surface area contributed by atoms with Crippen molar-refractivity contribution in [2.75, 3.05) is 13.2 Å². The summed E-state index contributed by atoms with van der Waals surface area (Å²) in [6.07, 6.45) is 6.80. The standard InChI is InChI=1S/C20H25NO3/c1-15-7-5-6-10-18(15)23-14-12-21-20(22)19-17(11-13-24-19)16-8-3-2-4-9-16/h2-4,8-9,11,13,15,18H,5-7,10,12,14H2,1H3,(H,21,22)/t15-,18-/m0/s1. The Labute approximate surface area is 143 Å². The number of furan rings is 1. The summed E-state index contributed by atoms with van der Waals surface area (Å²) >= 11 is 0. The molecular formula is C20H25NO3. The van der Waals surface area contributed by atoms with Gasteiger partial charge < -0.3 is 14.5 Å².